The fraction of sp³-hybridized carbons (Fsp3) is 0.933. The lowest BCUT2D eigenvalue weighted by atomic mass is 9.68. The number of rotatable bonds is 2. The molecule has 3 heteroatoms. The van der Waals surface area contributed by atoms with Gasteiger partial charge in [-0.05, 0) is 52.5 Å². The molecule has 1 saturated carbocycles. The molecule has 0 aromatic rings. The Morgan fingerprint density at radius 3 is 2.39 bits per heavy atom. The highest BCUT2D eigenvalue weighted by atomic mass is 16.6. The lowest BCUT2D eigenvalue weighted by Gasteiger charge is -2.38. The molecule has 1 aliphatic heterocycles. The summed E-state index contributed by atoms with van der Waals surface area (Å²) in [6.45, 7) is 7.65. The van der Waals surface area contributed by atoms with Crippen molar-refractivity contribution in [2.24, 2.45) is 11.3 Å². The summed E-state index contributed by atoms with van der Waals surface area (Å²) < 4.78 is 5.70. The molecule has 2 rings (SSSR count). The van der Waals surface area contributed by atoms with Crippen molar-refractivity contribution in [1.82, 2.24) is 5.32 Å². The van der Waals surface area contributed by atoms with E-state index in [0.29, 0.717) is 5.92 Å². The number of hydrogen-bond donors (Lipinski definition) is 1. The van der Waals surface area contributed by atoms with Crippen LogP contribution in [-0.4, -0.2) is 24.7 Å². The van der Waals surface area contributed by atoms with Crippen LogP contribution in [0.5, 0.6) is 0 Å². The van der Waals surface area contributed by atoms with Gasteiger partial charge in [-0.3, -0.25) is 4.79 Å². The van der Waals surface area contributed by atoms with Gasteiger partial charge >= 0.3 is 5.97 Å². The summed E-state index contributed by atoms with van der Waals surface area (Å²) in [4.78, 5) is 12.6. The summed E-state index contributed by atoms with van der Waals surface area (Å²) >= 11 is 0. The molecular formula is C15H27NO2. The fourth-order valence-corrected chi connectivity index (χ4v) is 3.44. The van der Waals surface area contributed by atoms with Crippen LogP contribution in [0.3, 0.4) is 0 Å². The fourth-order valence-electron chi connectivity index (χ4n) is 3.44. The van der Waals surface area contributed by atoms with E-state index in [1.54, 1.807) is 0 Å². The molecule has 2 fully saturated rings. The number of carbonyl (C=O) groups excluding carboxylic acids is 1. The molecule has 1 atom stereocenters. The first-order valence-electron chi connectivity index (χ1n) is 7.38. The molecule has 0 aromatic heterocycles. The van der Waals surface area contributed by atoms with E-state index >= 15 is 0 Å². The third-order valence-corrected chi connectivity index (χ3v) is 4.38. The normalized spacial score (nSPS) is 30.4. The van der Waals surface area contributed by atoms with Crippen molar-refractivity contribution in [1.29, 1.82) is 0 Å². The Bertz CT molecular complexity index is 294. The lowest BCUT2D eigenvalue weighted by molar-refractivity contribution is -0.171. The third-order valence-electron chi connectivity index (χ3n) is 4.38. The summed E-state index contributed by atoms with van der Waals surface area (Å²) in [6, 6.07) is 0. The van der Waals surface area contributed by atoms with Gasteiger partial charge in [0.05, 0.1) is 5.41 Å². The van der Waals surface area contributed by atoms with Crippen LogP contribution in [0.25, 0.3) is 0 Å². The van der Waals surface area contributed by atoms with Crippen molar-refractivity contribution < 1.29 is 9.53 Å². The largest absolute Gasteiger partial charge is 0.459 e. The average Bonchev–Trinajstić information content (AvgIpc) is 2.78. The maximum atomic E-state index is 12.6. The highest BCUT2D eigenvalue weighted by Gasteiger charge is 2.49. The zero-order valence-electron chi connectivity index (χ0n) is 12.1. The van der Waals surface area contributed by atoms with E-state index in [1.165, 1.54) is 32.1 Å². The number of hydrogen-bond acceptors (Lipinski definition) is 3. The molecule has 0 amide bonds. The van der Waals surface area contributed by atoms with Gasteiger partial charge in [-0.2, -0.15) is 0 Å². The maximum Gasteiger partial charge on any atom is 0.314 e. The first-order chi connectivity index (χ1) is 8.44. The smallest absolute Gasteiger partial charge is 0.314 e. The van der Waals surface area contributed by atoms with Crippen LogP contribution in [0.2, 0.25) is 0 Å². The third kappa shape index (κ3) is 2.87. The molecule has 1 saturated heterocycles. The van der Waals surface area contributed by atoms with Gasteiger partial charge in [0.2, 0.25) is 0 Å². The topological polar surface area (TPSA) is 38.3 Å². The second-order valence-electron chi connectivity index (χ2n) is 6.92. The monoisotopic (exact) mass is 253 g/mol. The van der Waals surface area contributed by atoms with E-state index < -0.39 is 0 Å². The van der Waals surface area contributed by atoms with Gasteiger partial charge in [0.1, 0.15) is 5.60 Å². The van der Waals surface area contributed by atoms with E-state index in [2.05, 4.69) is 5.32 Å². The van der Waals surface area contributed by atoms with E-state index in [0.717, 1.165) is 19.5 Å². The van der Waals surface area contributed by atoms with Crippen molar-refractivity contribution in [3.63, 3.8) is 0 Å². The van der Waals surface area contributed by atoms with Crippen molar-refractivity contribution in [3.05, 3.63) is 0 Å². The molecule has 0 aromatic carbocycles. The highest BCUT2D eigenvalue weighted by Crippen LogP contribution is 2.44. The highest BCUT2D eigenvalue weighted by molar-refractivity contribution is 5.78. The van der Waals surface area contributed by atoms with Crippen molar-refractivity contribution in [3.8, 4) is 0 Å². The Morgan fingerprint density at radius 2 is 1.89 bits per heavy atom. The van der Waals surface area contributed by atoms with Crippen LogP contribution in [0.1, 0.15) is 59.3 Å². The van der Waals surface area contributed by atoms with Crippen LogP contribution in [0.4, 0.5) is 0 Å². The molecule has 0 radical (unpaired) electrons. The molecule has 0 bridgehead atoms. The average molecular weight is 253 g/mol. The van der Waals surface area contributed by atoms with E-state index in [1.807, 2.05) is 20.8 Å². The van der Waals surface area contributed by atoms with Crippen molar-refractivity contribution in [2.45, 2.75) is 64.9 Å². The van der Waals surface area contributed by atoms with Gasteiger partial charge in [-0.1, -0.05) is 19.3 Å². The Hall–Kier alpha value is -0.570. The van der Waals surface area contributed by atoms with Gasteiger partial charge in [-0.15, -0.1) is 0 Å². The second-order valence-corrected chi connectivity index (χ2v) is 6.92. The molecule has 104 valence electrons. The summed E-state index contributed by atoms with van der Waals surface area (Å²) in [5, 5.41) is 3.38. The van der Waals surface area contributed by atoms with E-state index in [4.69, 9.17) is 4.74 Å². The molecule has 1 heterocycles. The molecule has 1 unspecified atom stereocenters. The van der Waals surface area contributed by atoms with Gasteiger partial charge in [0.25, 0.3) is 0 Å². The minimum absolute atomic E-state index is 0.0342. The first-order valence-corrected chi connectivity index (χ1v) is 7.38. The van der Waals surface area contributed by atoms with Crippen LogP contribution < -0.4 is 5.32 Å². The Balaban J connectivity index is 2.12. The van der Waals surface area contributed by atoms with Crippen LogP contribution in [-0.2, 0) is 9.53 Å². The summed E-state index contributed by atoms with van der Waals surface area (Å²) in [7, 11) is 0. The van der Waals surface area contributed by atoms with Gasteiger partial charge in [0, 0.05) is 6.54 Å². The standard InChI is InChI=1S/C15H27NO2/c1-14(2,3)18-13(17)15(9-10-16-11-15)12-7-5-4-6-8-12/h12,16H,4-11H2,1-3H3. The van der Waals surface area contributed by atoms with E-state index in [9.17, 15) is 4.79 Å². The quantitative estimate of drug-likeness (QED) is 0.769. The Kier molecular flexibility index (Phi) is 4.00. The molecule has 0 spiro atoms. The predicted molar refractivity (Wildman–Crippen MR) is 72.3 cm³/mol. The van der Waals surface area contributed by atoms with Gasteiger partial charge in [-0.25, -0.2) is 0 Å². The molecule has 3 nitrogen and oxygen atoms in total. The molecule has 1 N–H and O–H groups in total. The molecular weight excluding hydrogens is 226 g/mol. The second kappa shape index (κ2) is 5.20. The predicted octanol–water partition coefficient (Wildman–Crippen LogP) is 2.89. The first kappa shape index (κ1) is 13.9. The Morgan fingerprint density at radius 1 is 1.22 bits per heavy atom. The van der Waals surface area contributed by atoms with Gasteiger partial charge < -0.3 is 10.1 Å². The minimum atomic E-state index is -0.374. The summed E-state index contributed by atoms with van der Waals surface area (Å²) in [6.07, 6.45) is 7.22. The SMILES string of the molecule is CC(C)(C)OC(=O)C1(C2CCCCC2)CCNC1. The molecule has 1 aliphatic carbocycles. The number of esters is 1. The maximum absolute atomic E-state index is 12.6. The Labute approximate surface area is 111 Å². The van der Waals surface area contributed by atoms with Crippen LogP contribution in [0, 0.1) is 11.3 Å². The van der Waals surface area contributed by atoms with Gasteiger partial charge in [0.15, 0.2) is 0 Å². The summed E-state index contributed by atoms with van der Waals surface area (Å²) in [5.41, 5.74) is -0.616. The van der Waals surface area contributed by atoms with Crippen LogP contribution >= 0.6 is 0 Å². The number of carbonyl (C=O) groups is 1. The molecule has 18 heavy (non-hydrogen) atoms. The molecule has 2 aliphatic rings. The zero-order valence-corrected chi connectivity index (χ0v) is 12.1. The van der Waals surface area contributed by atoms with Crippen molar-refractivity contribution in [2.75, 3.05) is 13.1 Å². The van der Waals surface area contributed by atoms with Crippen molar-refractivity contribution >= 4 is 5.97 Å². The number of nitrogens with one attached hydrogen (secondary N) is 1. The number of ether oxygens (including phenoxy) is 1. The minimum Gasteiger partial charge on any atom is -0.459 e. The van der Waals surface area contributed by atoms with E-state index in [-0.39, 0.29) is 17.0 Å². The summed E-state index contributed by atoms with van der Waals surface area (Å²) in [5.74, 6) is 0.558. The van der Waals surface area contributed by atoms with Crippen LogP contribution in [0.15, 0.2) is 0 Å². The zero-order chi connectivity index (χ0) is 13.2. The lowest BCUT2D eigenvalue weighted by Crippen LogP contribution is -2.45.